The average molecular weight is 474 g/mol. The zero-order valence-corrected chi connectivity index (χ0v) is 20.7. The molecule has 9 nitrogen and oxygen atoms in total. The summed E-state index contributed by atoms with van der Waals surface area (Å²) in [4.78, 5) is 29.7. The monoisotopic (exact) mass is 473 g/mol. The van der Waals surface area contributed by atoms with Crippen LogP contribution in [0.3, 0.4) is 0 Å². The van der Waals surface area contributed by atoms with E-state index in [4.69, 9.17) is 18.9 Å². The van der Waals surface area contributed by atoms with E-state index >= 15 is 0 Å². The Hall–Kier alpha value is -2.67. The van der Waals surface area contributed by atoms with Gasteiger partial charge in [0.15, 0.2) is 0 Å². The minimum absolute atomic E-state index is 0.0759. The smallest absolute Gasteiger partial charge is 0.257 e. The average Bonchev–Trinajstić information content (AvgIpc) is 2.85. The van der Waals surface area contributed by atoms with Crippen LogP contribution in [0.25, 0.3) is 0 Å². The van der Waals surface area contributed by atoms with E-state index in [9.17, 15) is 14.9 Å². The molecule has 2 aliphatic heterocycles. The number of rotatable bonds is 2. The van der Waals surface area contributed by atoms with E-state index in [0.717, 1.165) is 12.8 Å². The second-order valence-corrected chi connectivity index (χ2v) is 9.05. The Morgan fingerprint density at radius 3 is 2.44 bits per heavy atom. The fraction of sp³-hybridized carbons (Fsp3) is 0.640. The highest BCUT2D eigenvalue weighted by molar-refractivity contribution is 5.97. The number of hydrogen-bond acceptors (Lipinski definition) is 7. The summed E-state index contributed by atoms with van der Waals surface area (Å²) < 4.78 is 23.6. The van der Waals surface area contributed by atoms with E-state index in [-0.39, 0.29) is 42.4 Å². The molecule has 3 rings (SSSR count). The van der Waals surface area contributed by atoms with Crippen molar-refractivity contribution in [2.24, 2.45) is 5.92 Å². The molecule has 0 aromatic heterocycles. The minimum atomic E-state index is -0.515. The van der Waals surface area contributed by atoms with E-state index in [1.54, 1.807) is 51.2 Å². The molecule has 2 bridgehead atoms. The van der Waals surface area contributed by atoms with Gasteiger partial charge >= 0.3 is 0 Å². The number of nitrogens with zero attached hydrogens (tertiary/aromatic N) is 3. The van der Waals surface area contributed by atoms with Crippen LogP contribution in [0.2, 0.25) is 0 Å². The van der Waals surface area contributed by atoms with Crippen LogP contribution >= 0.6 is 0 Å². The summed E-state index contributed by atoms with van der Waals surface area (Å²) >= 11 is 0. The van der Waals surface area contributed by atoms with Gasteiger partial charge in [-0.05, 0) is 25.0 Å². The predicted octanol–water partition coefficient (Wildman–Crippen LogP) is 2.08. The highest BCUT2D eigenvalue weighted by atomic mass is 16.5. The lowest BCUT2D eigenvalue weighted by atomic mass is 9.97. The van der Waals surface area contributed by atoms with Gasteiger partial charge in [-0.25, -0.2) is 0 Å². The molecule has 1 saturated heterocycles. The third kappa shape index (κ3) is 5.69. The molecule has 0 radical (unpaired) electrons. The Morgan fingerprint density at radius 1 is 1.03 bits per heavy atom. The van der Waals surface area contributed by atoms with Crippen LogP contribution in [0.5, 0.6) is 5.75 Å². The first-order valence-electron chi connectivity index (χ1n) is 11.7. The molecule has 0 unspecified atom stereocenters. The van der Waals surface area contributed by atoms with E-state index in [1.165, 1.54) is 12.0 Å². The molecule has 0 aliphatic carbocycles. The third-order valence-corrected chi connectivity index (χ3v) is 6.79. The number of carbonyl (C=O) groups excluding carboxylic acids is 2. The molecular formula is C25H35N3O6. The number of benzene rings is 1. The van der Waals surface area contributed by atoms with Crippen LogP contribution in [-0.4, -0.2) is 94.0 Å². The molecule has 0 N–H and O–H groups in total. The number of ether oxygens (including phenoxy) is 4. The van der Waals surface area contributed by atoms with Gasteiger partial charge in [0.2, 0.25) is 5.91 Å². The van der Waals surface area contributed by atoms with E-state index in [1.807, 2.05) is 0 Å². The molecule has 186 valence electrons. The van der Waals surface area contributed by atoms with E-state index < -0.39 is 12.0 Å². The number of fused-ring (bicyclic) bond motifs is 3. The van der Waals surface area contributed by atoms with Crippen molar-refractivity contribution in [3.63, 3.8) is 0 Å². The Kier molecular flexibility index (Phi) is 8.89. The molecule has 9 heteroatoms. The molecule has 2 aliphatic rings. The number of methoxy groups -OCH3 is 2. The first-order valence-corrected chi connectivity index (χ1v) is 11.7. The zero-order valence-electron chi connectivity index (χ0n) is 20.7. The Labute approximate surface area is 201 Å². The van der Waals surface area contributed by atoms with Crippen molar-refractivity contribution in [2.45, 2.75) is 50.6 Å². The van der Waals surface area contributed by atoms with Crippen molar-refractivity contribution in [1.29, 1.82) is 5.26 Å². The Bertz CT molecular complexity index is 916. The van der Waals surface area contributed by atoms with Gasteiger partial charge in [0, 0.05) is 47.8 Å². The van der Waals surface area contributed by atoms with Crippen LogP contribution in [0.4, 0.5) is 0 Å². The largest absolute Gasteiger partial charge is 0.491 e. The first-order chi connectivity index (χ1) is 16.3. The summed E-state index contributed by atoms with van der Waals surface area (Å²) in [5.74, 6) is -0.601. The van der Waals surface area contributed by atoms with Gasteiger partial charge in [0.05, 0.1) is 42.0 Å². The summed E-state index contributed by atoms with van der Waals surface area (Å²) in [6.45, 7) is 2.70. The van der Waals surface area contributed by atoms with Gasteiger partial charge in [-0.2, -0.15) is 5.26 Å². The van der Waals surface area contributed by atoms with Crippen LogP contribution in [0.15, 0.2) is 18.2 Å². The molecule has 0 spiro atoms. The molecule has 2 heterocycles. The first kappa shape index (κ1) is 25.9. The molecule has 34 heavy (non-hydrogen) atoms. The second-order valence-electron chi connectivity index (χ2n) is 9.05. The third-order valence-electron chi connectivity index (χ3n) is 6.79. The van der Waals surface area contributed by atoms with Crippen LogP contribution in [0, 0.1) is 17.2 Å². The van der Waals surface area contributed by atoms with Crippen molar-refractivity contribution >= 4 is 11.8 Å². The fourth-order valence-corrected chi connectivity index (χ4v) is 4.68. The highest BCUT2D eigenvalue weighted by Crippen LogP contribution is 2.28. The van der Waals surface area contributed by atoms with Crippen molar-refractivity contribution < 1.29 is 28.5 Å². The van der Waals surface area contributed by atoms with Crippen LogP contribution in [-0.2, 0) is 19.0 Å². The van der Waals surface area contributed by atoms with Crippen molar-refractivity contribution in [2.75, 3.05) is 48.0 Å². The molecule has 1 fully saturated rings. The predicted molar refractivity (Wildman–Crippen MR) is 125 cm³/mol. The van der Waals surface area contributed by atoms with Crippen molar-refractivity contribution in [3.8, 4) is 11.8 Å². The Balaban J connectivity index is 1.95. The zero-order chi connectivity index (χ0) is 24.8. The van der Waals surface area contributed by atoms with Crippen LogP contribution in [0.1, 0.15) is 42.1 Å². The SMILES string of the molecule is CO[C@H]1CN(C)C(=O)c2cccc(C#N)c2OCC[C@@H]2CC[C@@H](OC)[C@@H](CN(C)C(=O)[C@@H]1C)O2. The molecule has 1 aromatic rings. The van der Waals surface area contributed by atoms with Gasteiger partial charge in [-0.3, -0.25) is 9.59 Å². The molecule has 5 atom stereocenters. The summed E-state index contributed by atoms with van der Waals surface area (Å²) in [7, 11) is 6.61. The molecule has 1 aromatic carbocycles. The standard InChI is InChI=1S/C25H35N3O6/c1-16-21(32-5)14-28(3)25(30)19-8-6-7-17(13-26)23(19)33-12-11-18-9-10-20(31-4)22(34-18)15-27(2)24(16)29/h6-8,16,18,20-22H,9-12,14-15H2,1-5H3/t16-,18+,20-,21+,22-/m1/s1. The number of hydrogen-bond donors (Lipinski definition) is 0. The summed E-state index contributed by atoms with van der Waals surface area (Å²) in [6.07, 6.45) is 1.25. The number of amides is 2. The molecular weight excluding hydrogens is 438 g/mol. The minimum Gasteiger partial charge on any atom is -0.491 e. The van der Waals surface area contributed by atoms with Gasteiger partial charge < -0.3 is 28.7 Å². The van der Waals surface area contributed by atoms with Gasteiger partial charge in [-0.1, -0.05) is 13.0 Å². The van der Waals surface area contributed by atoms with Gasteiger partial charge in [0.25, 0.3) is 5.91 Å². The van der Waals surface area contributed by atoms with E-state index in [0.29, 0.717) is 30.7 Å². The normalized spacial score (nSPS) is 29.2. The Morgan fingerprint density at radius 2 is 1.76 bits per heavy atom. The summed E-state index contributed by atoms with van der Waals surface area (Å²) in [6, 6.07) is 7.07. The maximum atomic E-state index is 13.3. The van der Waals surface area contributed by atoms with Crippen molar-refractivity contribution in [3.05, 3.63) is 29.3 Å². The number of nitriles is 1. The van der Waals surface area contributed by atoms with Gasteiger partial charge in [0.1, 0.15) is 17.9 Å². The van der Waals surface area contributed by atoms with Gasteiger partial charge in [-0.15, -0.1) is 0 Å². The lowest BCUT2D eigenvalue weighted by Gasteiger charge is -2.38. The quantitative estimate of drug-likeness (QED) is 0.648. The maximum Gasteiger partial charge on any atom is 0.257 e. The fourth-order valence-electron chi connectivity index (χ4n) is 4.68. The maximum absolute atomic E-state index is 13.3. The molecule has 2 amide bonds. The topological polar surface area (TPSA) is 101 Å². The number of para-hydroxylation sites is 1. The second kappa shape index (κ2) is 11.6. The summed E-state index contributed by atoms with van der Waals surface area (Å²) in [5.41, 5.74) is 0.609. The van der Waals surface area contributed by atoms with E-state index in [2.05, 4.69) is 6.07 Å². The lowest BCUT2D eigenvalue weighted by Crippen LogP contribution is -2.50. The number of likely N-dealkylation sites (N-methyl/N-ethyl adjacent to an activating group) is 2. The number of carbonyl (C=O) groups is 2. The lowest BCUT2D eigenvalue weighted by molar-refractivity contribution is -0.154. The molecule has 0 saturated carbocycles. The highest BCUT2D eigenvalue weighted by Gasteiger charge is 2.36. The van der Waals surface area contributed by atoms with Crippen LogP contribution < -0.4 is 4.74 Å². The van der Waals surface area contributed by atoms with Crippen molar-refractivity contribution in [1.82, 2.24) is 9.80 Å². The summed E-state index contributed by atoms with van der Waals surface area (Å²) in [5, 5.41) is 9.60.